The minimum atomic E-state index is -0.328. The van der Waals surface area contributed by atoms with Crippen molar-refractivity contribution in [2.24, 2.45) is 5.92 Å². The van der Waals surface area contributed by atoms with Crippen LogP contribution in [-0.4, -0.2) is 79.0 Å². The molecule has 0 spiro atoms. The van der Waals surface area contributed by atoms with Gasteiger partial charge < -0.3 is 24.2 Å². The van der Waals surface area contributed by atoms with Gasteiger partial charge in [0.2, 0.25) is 11.8 Å². The quantitative estimate of drug-likeness (QED) is 0.748. The minimum Gasteiger partial charge on any atom is -0.496 e. The van der Waals surface area contributed by atoms with Gasteiger partial charge in [0.25, 0.3) is 0 Å². The molecule has 0 radical (unpaired) electrons. The maximum atomic E-state index is 13.0. The summed E-state index contributed by atoms with van der Waals surface area (Å²) in [5.74, 6) is 0.651. The highest BCUT2D eigenvalue weighted by Crippen LogP contribution is 2.25. The molecule has 0 unspecified atom stereocenters. The Hall–Kier alpha value is -2.77. The second kappa shape index (κ2) is 9.62. The summed E-state index contributed by atoms with van der Waals surface area (Å²) in [6, 6.07) is 7.61. The number of para-hydroxylation sites is 1. The summed E-state index contributed by atoms with van der Waals surface area (Å²) >= 11 is 0. The van der Waals surface area contributed by atoms with Crippen LogP contribution in [0.2, 0.25) is 0 Å². The number of benzene rings is 1. The first kappa shape index (κ1) is 21.0. The van der Waals surface area contributed by atoms with Gasteiger partial charge in [0.15, 0.2) is 0 Å². The number of piperazine rings is 1. The van der Waals surface area contributed by atoms with Gasteiger partial charge >= 0.3 is 6.09 Å². The highest BCUT2D eigenvalue weighted by Gasteiger charge is 2.34. The molecule has 2 fully saturated rings. The van der Waals surface area contributed by atoms with E-state index in [9.17, 15) is 14.4 Å². The fraction of sp³-hybridized carbons (Fsp3) is 0.571. The predicted octanol–water partition coefficient (Wildman–Crippen LogP) is 1.73. The van der Waals surface area contributed by atoms with Crippen LogP contribution in [0.15, 0.2) is 24.3 Å². The number of hydrogen-bond donors (Lipinski definition) is 0. The molecule has 1 atom stereocenters. The number of carbonyl (C=O) groups excluding carboxylic acids is 3. The first-order chi connectivity index (χ1) is 14.0. The van der Waals surface area contributed by atoms with Crippen LogP contribution in [-0.2, 0) is 20.9 Å². The third-order valence-electron chi connectivity index (χ3n) is 5.52. The van der Waals surface area contributed by atoms with Crippen molar-refractivity contribution in [3.63, 3.8) is 0 Å². The first-order valence-electron chi connectivity index (χ1n) is 10.1. The van der Waals surface area contributed by atoms with Gasteiger partial charge in [-0.15, -0.1) is 0 Å². The summed E-state index contributed by atoms with van der Waals surface area (Å²) in [6.07, 6.45) is 0.609. The van der Waals surface area contributed by atoms with E-state index in [1.54, 1.807) is 28.7 Å². The van der Waals surface area contributed by atoms with Crippen molar-refractivity contribution in [2.75, 3.05) is 46.4 Å². The van der Waals surface area contributed by atoms with Crippen molar-refractivity contribution < 1.29 is 23.9 Å². The number of amides is 3. The lowest BCUT2D eigenvalue weighted by molar-refractivity contribution is -0.144. The lowest BCUT2D eigenvalue weighted by Crippen LogP contribution is -2.54. The summed E-state index contributed by atoms with van der Waals surface area (Å²) in [5, 5.41) is 0. The molecule has 0 aliphatic carbocycles. The van der Waals surface area contributed by atoms with E-state index in [-0.39, 0.29) is 23.8 Å². The number of likely N-dealkylation sites (tertiary alicyclic amines) is 1. The van der Waals surface area contributed by atoms with E-state index in [4.69, 9.17) is 9.47 Å². The Kier molecular flexibility index (Phi) is 6.95. The predicted molar refractivity (Wildman–Crippen MR) is 106 cm³/mol. The maximum absolute atomic E-state index is 13.0. The van der Waals surface area contributed by atoms with E-state index >= 15 is 0 Å². The number of hydrogen-bond acceptors (Lipinski definition) is 5. The van der Waals surface area contributed by atoms with Gasteiger partial charge in [-0.25, -0.2) is 4.79 Å². The van der Waals surface area contributed by atoms with Crippen molar-refractivity contribution >= 4 is 17.9 Å². The second-order valence-corrected chi connectivity index (χ2v) is 7.33. The maximum Gasteiger partial charge on any atom is 0.409 e. The first-order valence-corrected chi connectivity index (χ1v) is 10.1. The molecule has 0 saturated carbocycles. The Labute approximate surface area is 171 Å². The molecule has 2 aliphatic rings. The Morgan fingerprint density at radius 3 is 2.48 bits per heavy atom. The van der Waals surface area contributed by atoms with Crippen molar-refractivity contribution in [1.82, 2.24) is 14.7 Å². The van der Waals surface area contributed by atoms with E-state index in [0.29, 0.717) is 58.7 Å². The average Bonchev–Trinajstić information content (AvgIpc) is 2.75. The highest BCUT2D eigenvalue weighted by atomic mass is 16.6. The van der Waals surface area contributed by atoms with Crippen LogP contribution in [0.1, 0.15) is 25.3 Å². The monoisotopic (exact) mass is 403 g/mol. The molecule has 2 aliphatic heterocycles. The zero-order chi connectivity index (χ0) is 20.8. The van der Waals surface area contributed by atoms with Crippen LogP contribution in [0.4, 0.5) is 4.79 Å². The number of carbonyl (C=O) groups is 3. The van der Waals surface area contributed by atoms with Gasteiger partial charge in [0.1, 0.15) is 5.75 Å². The number of methoxy groups -OCH3 is 1. The Balaban J connectivity index is 1.58. The molecule has 3 rings (SSSR count). The third kappa shape index (κ3) is 4.99. The summed E-state index contributed by atoms with van der Waals surface area (Å²) in [5.41, 5.74) is 0.930. The van der Waals surface area contributed by atoms with Crippen LogP contribution in [0.25, 0.3) is 0 Å². The normalized spacial score (nSPS) is 19.9. The average molecular weight is 403 g/mol. The lowest BCUT2D eigenvalue weighted by Gasteiger charge is -2.38. The van der Waals surface area contributed by atoms with Crippen LogP contribution >= 0.6 is 0 Å². The molecule has 0 bridgehead atoms. The van der Waals surface area contributed by atoms with Gasteiger partial charge in [-0.3, -0.25) is 9.59 Å². The van der Waals surface area contributed by atoms with Crippen LogP contribution in [0.3, 0.4) is 0 Å². The molecule has 8 heteroatoms. The zero-order valence-corrected chi connectivity index (χ0v) is 17.1. The van der Waals surface area contributed by atoms with Crippen LogP contribution < -0.4 is 4.74 Å². The number of piperidine rings is 1. The highest BCUT2D eigenvalue weighted by molar-refractivity contribution is 5.84. The largest absolute Gasteiger partial charge is 0.496 e. The zero-order valence-electron chi connectivity index (χ0n) is 17.1. The Morgan fingerprint density at radius 2 is 1.79 bits per heavy atom. The molecule has 1 aromatic carbocycles. The smallest absolute Gasteiger partial charge is 0.409 e. The number of ether oxygens (including phenoxy) is 2. The molecule has 3 amide bonds. The number of nitrogens with zero attached hydrogens (tertiary/aromatic N) is 3. The minimum absolute atomic E-state index is 0.0611. The van der Waals surface area contributed by atoms with Crippen LogP contribution in [0.5, 0.6) is 5.75 Å². The van der Waals surface area contributed by atoms with Gasteiger partial charge in [0.05, 0.1) is 19.6 Å². The van der Waals surface area contributed by atoms with E-state index in [0.717, 1.165) is 11.3 Å². The summed E-state index contributed by atoms with van der Waals surface area (Å²) in [4.78, 5) is 42.4. The lowest BCUT2D eigenvalue weighted by atomic mass is 9.95. The van der Waals surface area contributed by atoms with Crippen molar-refractivity contribution in [2.45, 2.75) is 26.3 Å². The molecular formula is C21H29N3O5. The van der Waals surface area contributed by atoms with E-state index in [1.165, 1.54) is 0 Å². The van der Waals surface area contributed by atoms with Crippen LogP contribution in [0, 0.1) is 5.92 Å². The Morgan fingerprint density at radius 1 is 1.10 bits per heavy atom. The summed E-state index contributed by atoms with van der Waals surface area (Å²) in [7, 11) is 1.61. The van der Waals surface area contributed by atoms with Crippen molar-refractivity contribution in [3.05, 3.63) is 29.8 Å². The third-order valence-corrected chi connectivity index (χ3v) is 5.52. The standard InChI is InChI=1S/C21H29N3O5/c1-3-29-21(27)23-12-10-22(11-13-23)20(26)17-8-9-19(25)24(15-17)14-16-6-4-5-7-18(16)28-2/h4-7,17H,3,8-15H2,1-2H3/t17-/m1/s1. The molecule has 158 valence electrons. The summed E-state index contributed by atoms with van der Waals surface area (Å²) < 4.78 is 10.4. The molecule has 1 aromatic rings. The van der Waals surface area contributed by atoms with Crippen molar-refractivity contribution in [3.8, 4) is 5.75 Å². The second-order valence-electron chi connectivity index (χ2n) is 7.33. The van der Waals surface area contributed by atoms with E-state index in [1.807, 2.05) is 24.3 Å². The molecule has 29 heavy (non-hydrogen) atoms. The van der Waals surface area contributed by atoms with Gasteiger partial charge in [0, 0.05) is 51.3 Å². The molecule has 0 aromatic heterocycles. The summed E-state index contributed by atoms with van der Waals surface area (Å²) in [6.45, 7) is 4.90. The van der Waals surface area contributed by atoms with Gasteiger partial charge in [-0.2, -0.15) is 0 Å². The molecule has 8 nitrogen and oxygen atoms in total. The molecular weight excluding hydrogens is 374 g/mol. The van der Waals surface area contributed by atoms with E-state index < -0.39 is 0 Å². The van der Waals surface area contributed by atoms with Crippen molar-refractivity contribution in [1.29, 1.82) is 0 Å². The molecule has 0 N–H and O–H groups in total. The fourth-order valence-corrected chi connectivity index (χ4v) is 3.89. The Bertz CT molecular complexity index is 746. The van der Waals surface area contributed by atoms with Gasteiger partial charge in [-0.1, -0.05) is 18.2 Å². The molecule has 2 saturated heterocycles. The van der Waals surface area contributed by atoms with E-state index in [2.05, 4.69) is 0 Å². The SMILES string of the molecule is CCOC(=O)N1CCN(C(=O)[C@@H]2CCC(=O)N(Cc3ccccc3OC)C2)CC1. The van der Waals surface area contributed by atoms with Gasteiger partial charge in [-0.05, 0) is 19.4 Å². The fourth-order valence-electron chi connectivity index (χ4n) is 3.89. The number of rotatable bonds is 5. The molecule has 2 heterocycles. The topological polar surface area (TPSA) is 79.4 Å².